The van der Waals surface area contributed by atoms with Crippen LogP contribution in [0.5, 0.6) is 0 Å². The third-order valence-electron chi connectivity index (χ3n) is 4.12. The average molecular weight is 320 g/mol. The quantitative estimate of drug-likeness (QED) is 0.814. The first-order valence-electron chi connectivity index (χ1n) is 6.73. The lowest BCUT2D eigenvalue weighted by Crippen LogP contribution is -2.35. The van der Waals surface area contributed by atoms with Crippen molar-refractivity contribution in [3.63, 3.8) is 0 Å². The third kappa shape index (κ3) is 2.34. The van der Waals surface area contributed by atoms with Crippen LogP contribution in [0.2, 0.25) is 0 Å². The highest BCUT2D eigenvalue weighted by atomic mass is 79.9. The lowest BCUT2D eigenvalue weighted by atomic mass is 9.69. The van der Waals surface area contributed by atoms with Gasteiger partial charge in [0.15, 0.2) is 0 Å². The molecule has 0 aliphatic heterocycles. The van der Waals surface area contributed by atoms with Crippen LogP contribution in [0.3, 0.4) is 0 Å². The molecular formula is C15H18BrN3. The summed E-state index contributed by atoms with van der Waals surface area (Å²) >= 11 is 3.75. The molecule has 1 heterocycles. The fourth-order valence-corrected chi connectivity index (χ4v) is 3.98. The summed E-state index contributed by atoms with van der Waals surface area (Å²) < 4.78 is 1.78. The van der Waals surface area contributed by atoms with Gasteiger partial charge in [0.05, 0.1) is 5.69 Å². The molecule has 0 N–H and O–H groups in total. The van der Waals surface area contributed by atoms with Crippen molar-refractivity contribution in [1.82, 2.24) is 15.0 Å². The van der Waals surface area contributed by atoms with Crippen LogP contribution in [0.15, 0.2) is 30.5 Å². The number of aromatic nitrogens is 3. The summed E-state index contributed by atoms with van der Waals surface area (Å²) in [4.78, 5) is 0. The van der Waals surface area contributed by atoms with E-state index in [1.54, 1.807) is 4.68 Å². The van der Waals surface area contributed by atoms with Crippen LogP contribution in [0, 0.1) is 0 Å². The number of benzene rings is 1. The van der Waals surface area contributed by atoms with E-state index in [9.17, 15) is 0 Å². The van der Waals surface area contributed by atoms with E-state index < -0.39 is 0 Å². The molecule has 1 aliphatic carbocycles. The van der Waals surface area contributed by atoms with E-state index >= 15 is 0 Å². The highest BCUT2D eigenvalue weighted by Gasteiger charge is 2.36. The molecule has 0 saturated heterocycles. The summed E-state index contributed by atoms with van der Waals surface area (Å²) in [6, 6.07) is 8.85. The second-order valence-corrected chi connectivity index (χ2v) is 6.05. The van der Waals surface area contributed by atoms with Crippen molar-refractivity contribution in [1.29, 1.82) is 0 Å². The number of fused-ring (bicyclic) bond motifs is 1. The standard InChI is InChI=1S/C15H18BrN3/c1-19-10-13(17-18-19)9-15(11-16)8-4-6-12-5-2-3-7-14(12)15/h2-3,5,7,10H,4,6,8-9,11H2,1H3. The number of nitrogens with zero attached hydrogens (tertiary/aromatic N) is 3. The van der Waals surface area contributed by atoms with Crippen molar-refractivity contribution >= 4 is 15.9 Å². The summed E-state index contributed by atoms with van der Waals surface area (Å²) in [5, 5.41) is 9.30. The minimum absolute atomic E-state index is 0.172. The Labute approximate surface area is 122 Å². The first-order valence-corrected chi connectivity index (χ1v) is 7.85. The van der Waals surface area contributed by atoms with Gasteiger partial charge in [-0.15, -0.1) is 5.10 Å². The monoisotopic (exact) mass is 319 g/mol. The fraction of sp³-hybridized carbons (Fsp3) is 0.467. The van der Waals surface area contributed by atoms with Crippen LogP contribution in [-0.2, 0) is 25.3 Å². The number of hydrogen-bond acceptors (Lipinski definition) is 2. The lowest BCUT2D eigenvalue weighted by Gasteiger charge is -2.37. The highest BCUT2D eigenvalue weighted by Crippen LogP contribution is 2.41. The van der Waals surface area contributed by atoms with Crippen molar-refractivity contribution < 1.29 is 0 Å². The molecule has 3 rings (SSSR count). The van der Waals surface area contributed by atoms with Gasteiger partial charge in [0.25, 0.3) is 0 Å². The first-order chi connectivity index (χ1) is 9.23. The maximum absolute atomic E-state index is 4.27. The SMILES string of the molecule is Cn1cc(CC2(CBr)CCCc3ccccc32)nn1. The Morgan fingerprint density at radius 1 is 1.37 bits per heavy atom. The van der Waals surface area contributed by atoms with Crippen molar-refractivity contribution in [3.8, 4) is 0 Å². The van der Waals surface area contributed by atoms with Gasteiger partial charge in [0.1, 0.15) is 0 Å². The zero-order chi connectivity index (χ0) is 13.3. The Morgan fingerprint density at radius 3 is 2.95 bits per heavy atom. The Balaban J connectivity index is 2.00. The molecule has 2 aromatic rings. The van der Waals surface area contributed by atoms with Crippen LogP contribution < -0.4 is 0 Å². The van der Waals surface area contributed by atoms with Crippen LogP contribution in [0.4, 0.5) is 0 Å². The molecule has 0 amide bonds. The van der Waals surface area contributed by atoms with Gasteiger partial charge in [-0.25, -0.2) is 0 Å². The number of halogens is 1. The summed E-state index contributed by atoms with van der Waals surface area (Å²) in [6.45, 7) is 0. The molecule has 1 aromatic heterocycles. The zero-order valence-corrected chi connectivity index (χ0v) is 12.7. The number of rotatable bonds is 3. The smallest absolute Gasteiger partial charge is 0.0836 e. The molecular weight excluding hydrogens is 302 g/mol. The van der Waals surface area contributed by atoms with Crippen LogP contribution in [0.1, 0.15) is 29.7 Å². The molecule has 4 heteroatoms. The van der Waals surface area contributed by atoms with E-state index in [0.717, 1.165) is 17.4 Å². The zero-order valence-electron chi connectivity index (χ0n) is 11.1. The molecule has 0 bridgehead atoms. The van der Waals surface area contributed by atoms with Gasteiger partial charge in [0.2, 0.25) is 0 Å². The minimum Gasteiger partial charge on any atom is -0.255 e. The van der Waals surface area contributed by atoms with Crippen LogP contribution >= 0.6 is 15.9 Å². The normalized spacial score (nSPS) is 22.2. The van der Waals surface area contributed by atoms with Gasteiger partial charge in [-0.05, 0) is 30.4 Å². The van der Waals surface area contributed by atoms with E-state index in [4.69, 9.17) is 0 Å². The molecule has 1 unspecified atom stereocenters. The predicted octanol–water partition coefficient (Wildman–Crippen LogP) is 3.03. The molecule has 1 atom stereocenters. The van der Waals surface area contributed by atoms with Crippen LogP contribution in [-0.4, -0.2) is 20.3 Å². The van der Waals surface area contributed by atoms with E-state index in [1.165, 1.54) is 30.4 Å². The van der Waals surface area contributed by atoms with Crippen molar-refractivity contribution in [3.05, 3.63) is 47.3 Å². The minimum atomic E-state index is 0.172. The fourth-order valence-electron chi connectivity index (χ4n) is 3.20. The predicted molar refractivity (Wildman–Crippen MR) is 79.6 cm³/mol. The second-order valence-electron chi connectivity index (χ2n) is 5.48. The van der Waals surface area contributed by atoms with E-state index in [2.05, 4.69) is 50.5 Å². The molecule has 0 saturated carbocycles. The molecule has 0 spiro atoms. The summed E-state index contributed by atoms with van der Waals surface area (Å²) in [5.41, 5.74) is 4.24. The molecule has 1 aliphatic rings. The molecule has 19 heavy (non-hydrogen) atoms. The first kappa shape index (κ1) is 12.9. The van der Waals surface area contributed by atoms with Gasteiger partial charge >= 0.3 is 0 Å². The van der Waals surface area contributed by atoms with Crippen molar-refractivity contribution in [2.24, 2.45) is 7.05 Å². The maximum Gasteiger partial charge on any atom is 0.0836 e. The number of hydrogen-bond donors (Lipinski definition) is 0. The molecule has 3 nitrogen and oxygen atoms in total. The van der Waals surface area contributed by atoms with Gasteiger partial charge in [-0.2, -0.15) is 0 Å². The molecule has 100 valence electrons. The number of alkyl halides is 1. The second kappa shape index (κ2) is 5.08. The summed E-state index contributed by atoms with van der Waals surface area (Å²) in [7, 11) is 1.92. The molecule has 1 aromatic carbocycles. The van der Waals surface area contributed by atoms with E-state index in [-0.39, 0.29) is 5.41 Å². The third-order valence-corrected chi connectivity index (χ3v) is 5.19. The Morgan fingerprint density at radius 2 is 2.21 bits per heavy atom. The Kier molecular flexibility index (Phi) is 3.44. The Bertz CT molecular complexity index is 578. The van der Waals surface area contributed by atoms with Gasteiger partial charge in [0, 0.05) is 30.4 Å². The Hall–Kier alpha value is -1.16. The van der Waals surface area contributed by atoms with E-state index in [1.807, 2.05) is 13.2 Å². The molecule has 0 radical (unpaired) electrons. The topological polar surface area (TPSA) is 30.7 Å². The van der Waals surface area contributed by atoms with E-state index in [0.29, 0.717) is 0 Å². The average Bonchev–Trinajstić information content (AvgIpc) is 2.84. The summed E-state index contributed by atoms with van der Waals surface area (Å²) in [6.07, 6.45) is 6.66. The summed E-state index contributed by atoms with van der Waals surface area (Å²) in [5.74, 6) is 0. The van der Waals surface area contributed by atoms with Crippen LogP contribution in [0.25, 0.3) is 0 Å². The largest absolute Gasteiger partial charge is 0.255 e. The lowest BCUT2D eigenvalue weighted by molar-refractivity contribution is 0.397. The van der Waals surface area contributed by atoms with Gasteiger partial charge in [-0.1, -0.05) is 45.4 Å². The molecule has 0 fully saturated rings. The van der Waals surface area contributed by atoms with Gasteiger partial charge < -0.3 is 0 Å². The highest BCUT2D eigenvalue weighted by molar-refractivity contribution is 9.09. The van der Waals surface area contributed by atoms with Gasteiger partial charge in [-0.3, -0.25) is 4.68 Å². The van der Waals surface area contributed by atoms with Crippen molar-refractivity contribution in [2.75, 3.05) is 5.33 Å². The number of aryl methyl sites for hydroxylation is 2. The maximum atomic E-state index is 4.27. The van der Waals surface area contributed by atoms with Crippen molar-refractivity contribution in [2.45, 2.75) is 31.1 Å².